The van der Waals surface area contributed by atoms with Gasteiger partial charge in [0.25, 0.3) is 5.69 Å². The number of benzene rings is 1. The van der Waals surface area contributed by atoms with Crippen LogP contribution in [0.2, 0.25) is 0 Å². The lowest BCUT2D eigenvalue weighted by molar-refractivity contribution is -0.384. The zero-order valence-electron chi connectivity index (χ0n) is 9.13. The molecule has 1 rings (SSSR count). The Kier molecular flexibility index (Phi) is 5.09. The lowest BCUT2D eigenvalue weighted by Gasteiger charge is -2.08. The van der Waals surface area contributed by atoms with Gasteiger partial charge in [-0.25, -0.2) is 0 Å². The summed E-state index contributed by atoms with van der Waals surface area (Å²) in [6.45, 7) is 0.0294. The summed E-state index contributed by atoms with van der Waals surface area (Å²) < 4.78 is 36.1. The molecule has 0 saturated carbocycles. The number of hydrogen-bond donors (Lipinski definition) is 1. The van der Waals surface area contributed by atoms with E-state index >= 15 is 0 Å². The van der Waals surface area contributed by atoms with Crippen LogP contribution in [0.4, 0.5) is 18.9 Å². The highest BCUT2D eigenvalue weighted by molar-refractivity contribution is 9.10. The smallest absolute Gasteiger partial charge is 0.312 e. The van der Waals surface area contributed by atoms with Crippen molar-refractivity contribution in [3.05, 3.63) is 38.3 Å². The topological polar surface area (TPSA) is 55.2 Å². The van der Waals surface area contributed by atoms with Crippen molar-refractivity contribution in [1.82, 2.24) is 5.32 Å². The number of nitrogens with zero attached hydrogens (tertiary/aromatic N) is 1. The zero-order chi connectivity index (χ0) is 13.8. The molecule has 0 heterocycles. The highest BCUT2D eigenvalue weighted by Crippen LogP contribution is 2.23. The van der Waals surface area contributed by atoms with Crippen LogP contribution in [0.3, 0.4) is 0 Å². The maximum atomic E-state index is 11.9. The largest absolute Gasteiger partial charge is 0.390 e. The van der Waals surface area contributed by atoms with E-state index in [1.54, 1.807) is 0 Å². The number of halogens is 4. The second kappa shape index (κ2) is 6.14. The molecule has 8 heteroatoms. The number of nitro benzene ring substituents is 1. The fourth-order valence-corrected chi connectivity index (χ4v) is 1.75. The molecule has 0 unspecified atom stereocenters. The third-order valence-electron chi connectivity index (χ3n) is 2.15. The Morgan fingerprint density at radius 2 is 2.06 bits per heavy atom. The van der Waals surface area contributed by atoms with Crippen LogP contribution in [-0.2, 0) is 6.54 Å². The summed E-state index contributed by atoms with van der Waals surface area (Å²) in [6, 6.07) is 4.13. The molecule has 0 atom stereocenters. The summed E-state index contributed by atoms with van der Waals surface area (Å²) in [7, 11) is 0. The van der Waals surface area contributed by atoms with Gasteiger partial charge in [0.15, 0.2) is 0 Å². The van der Waals surface area contributed by atoms with Crippen molar-refractivity contribution in [2.45, 2.75) is 19.1 Å². The predicted molar refractivity (Wildman–Crippen MR) is 63.2 cm³/mol. The van der Waals surface area contributed by atoms with Gasteiger partial charge in [-0.2, -0.15) is 13.2 Å². The Balaban J connectivity index is 2.51. The zero-order valence-corrected chi connectivity index (χ0v) is 10.7. The SMILES string of the molecule is O=[N+]([O-])c1ccc(CNCCC(F)(F)F)c(Br)c1. The summed E-state index contributed by atoms with van der Waals surface area (Å²) in [5, 5.41) is 13.1. The van der Waals surface area contributed by atoms with E-state index in [-0.39, 0.29) is 18.8 Å². The van der Waals surface area contributed by atoms with Crippen LogP contribution >= 0.6 is 15.9 Å². The summed E-state index contributed by atoms with van der Waals surface area (Å²) >= 11 is 3.14. The number of non-ortho nitro benzene ring substituents is 1. The quantitative estimate of drug-likeness (QED) is 0.512. The van der Waals surface area contributed by atoms with Crippen LogP contribution in [0.15, 0.2) is 22.7 Å². The molecule has 0 bridgehead atoms. The fourth-order valence-electron chi connectivity index (χ4n) is 1.25. The molecule has 1 aromatic rings. The molecule has 18 heavy (non-hydrogen) atoms. The molecule has 1 N–H and O–H groups in total. The highest BCUT2D eigenvalue weighted by Gasteiger charge is 2.25. The minimum Gasteiger partial charge on any atom is -0.312 e. The first-order valence-electron chi connectivity index (χ1n) is 5.00. The molecule has 0 radical (unpaired) electrons. The summed E-state index contributed by atoms with van der Waals surface area (Å²) in [6.07, 6.45) is -5.09. The van der Waals surface area contributed by atoms with Gasteiger partial charge in [0.1, 0.15) is 0 Å². The molecule has 0 amide bonds. The lowest BCUT2D eigenvalue weighted by Crippen LogP contribution is -2.21. The number of nitrogens with one attached hydrogen (secondary N) is 1. The van der Waals surface area contributed by atoms with E-state index < -0.39 is 17.5 Å². The minimum atomic E-state index is -4.18. The molecule has 1 aromatic carbocycles. The van der Waals surface area contributed by atoms with Gasteiger partial charge in [-0.05, 0) is 11.6 Å². The van der Waals surface area contributed by atoms with Gasteiger partial charge in [0.2, 0.25) is 0 Å². The average Bonchev–Trinajstić information content (AvgIpc) is 2.24. The molecular weight excluding hydrogens is 317 g/mol. The first-order valence-corrected chi connectivity index (χ1v) is 5.79. The first kappa shape index (κ1) is 14.9. The molecule has 0 saturated heterocycles. The van der Waals surface area contributed by atoms with E-state index in [1.807, 2.05) is 0 Å². The summed E-state index contributed by atoms with van der Waals surface area (Å²) in [4.78, 5) is 9.94. The first-order chi connectivity index (χ1) is 8.29. The predicted octanol–water partition coefficient (Wildman–Crippen LogP) is 3.40. The van der Waals surface area contributed by atoms with Crippen molar-refractivity contribution >= 4 is 21.6 Å². The number of nitro groups is 1. The second-order valence-electron chi connectivity index (χ2n) is 3.57. The molecule has 0 aromatic heterocycles. The maximum absolute atomic E-state index is 11.9. The molecule has 0 aliphatic heterocycles. The van der Waals surface area contributed by atoms with Gasteiger partial charge in [-0.1, -0.05) is 15.9 Å². The summed E-state index contributed by atoms with van der Waals surface area (Å²) in [5.74, 6) is 0. The molecule has 100 valence electrons. The van der Waals surface area contributed by atoms with Gasteiger partial charge in [-0.3, -0.25) is 10.1 Å². The van der Waals surface area contributed by atoms with Gasteiger partial charge >= 0.3 is 6.18 Å². The van der Waals surface area contributed by atoms with Crippen LogP contribution in [0.5, 0.6) is 0 Å². The normalized spacial score (nSPS) is 11.6. The van der Waals surface area contributed by atoms with Gasteiger partial charge < -0.3 is 5.32 Å². The molecule has 0 aliphatic carbocycles. The third-order valence-corrected chi connectivity index (χ3v) is 2.89. The van der Waals surface area contributed by atoms with Gasteiger partial charge in [0, 0.05) is 29.7 Å². The fraction of sp³-hybridized carbons (Fsp3) is 0.400. The lowest BCUT2D eigenvalue weighted by atomic mass is 10.2. The Hall–Kier alpha value is -1.15. The Morgan fingerprint density at radius 3 is 2.56 bits per heavy atom. The van der Waals surface area contributed by atoms with E-state index in [2.05, 4.69) is 21.2 Å². The molecule has 0 spiro atoms. The number of rotatable bonds is 5. The Morgan fingerprint density at radius 1 is 1.39 bits per heavy atom. The van der Waals surface area contributed by atoms with E-state index in [1.165, 1.54) is 18.2 Å². The average molecular weight is 327 g/mol. The van der Waals surface area contributed by atoms with E-state index in [0.717, 1.165) is 0 Å². The van der Waals surface area contributed by atoms with E-state index in [9.17, 15) is 23.3 Å². The van der Waals surface area contributed by atoms with E-state index in [0.29, 0.717) is 10.0 Å². The van der Waals surface area contributed by atoms with Crippen LogP contribution < -0.4 is 5.32 Å². The van der Waals surface area contributed by atoms with Crippen LogP contribution in [0, 0.1) is 10.1 Å². The van der Waals surface area contributed by atoms with Crippen LogP contribution in [-0.4, -0.2) is 17.6 Å². The standard InChI is InChI=1S/C10H10BrF3N2O2/c11-9-5-8(16(17)18)2-1-7(9)6-15-4-3-10(12,13)14/h1-2,5,15H,3-4,6H2. The van der Waals surface area contributed by atoms with Crippen molar-refractivity contribution in [3.63, 3.8) is 0 Å². The van der Waals surface area contributed by atoms with Crippen LogP contribution in [0.1, 0.15) is 12.0 Å². The van der Waals surface area contributed by atoms with Gasteiger partial charge in [-0.15, -0.1) is 0 Å². The highest BCUT2D eigenvalue weighted by atomic mass is 79.9. The number of alkyl halides is 3. The van der Waals surface area contributed by atoms with Crippen LogP contribution in [0.25, 0.3) is 0 Å². The minimum absolute atomic E-state index is 0.0686. The van der Waals surface area contributed by atoms with Gasteiger partial charge in [0.05, 0.1) is 11.3 Å². The van der Waals surface area contributed by atoms with Crippen molar-refractivity contribution < 1.29 is 18.1 Å². The molecule has 0 fully saturated rings. The Labute approximate surface area is 109 Å². The molecule has 4 nitrogen and oxygen atoms in total. The van der Waals surface area contributed by atoms with Crippen molar-refractivity contribution in [1.29, 1.82) is 0 Å². The van der Waals surface area contributed by atoms with Crippen molar-refractivity contribution in [3.8, 4) is 0 Å². The summed E-state index contributed by atoms with van der Waals surface area (Å²) in [5.41, 5.74) is 0.601. The third kappa shape index (κ3) is 5.01. The second-order valence-corrected chi connectivity index (χ2v) is 4.43. The monoisotopic (exact) mass is 326 g/mol. The van der Waals surface area contributed by atoms with Crippen molar-refractivity contribution in [2.75, 3.05) is 6.54 Å². The van der Waals surface area contributed by atoms with Crippen molar-refractivity contribution in [2.24, 2.45) is 0 Å². The number of hydrogen-bond acceptors (Lipinski definition) is 3. The van der Waals surface area contributed by atoms with E-state index in [4.69, 9.17) is 0 Å². The molecular formula is C10H10BrF3N2O2. The maximum Gasteiger partial charge on any atom is 0.390 e. The molecule has 0 aliphatic rings. The Bertz CT molecular complexity index is 438.